The van der Waals surface area contributed by atoms with Gasteiger partial charge in [-0.3, -0.25) is 4.99 Å². The fraction of sp³-hybridized carbons (Fsp3) is 0. The highest BCUT2D eigenvalue weighted by atomic mass is 127. The smallest absolute Gasteiger partial charge is 0.223 e. The van der Waals surface area contributed by atoms with Gasteiger partial charge >= 0.3 is 0 Å². The lowest BCUT2D eigenvalue weighted by molar-refractivity contribution is 1.19. The first-order valence-corrected chi connectivity index (χ1v) is 9.42. The molecular formula is C17H14I2N6. The molecule has 0 unspecified atom stereocenters. The van der Waals surface area contributed by atoms with E-state index in [-0.39, 0.29) is 11.8 Å². The Bertz CT molecular complexity index is 908. The van der Waals surface area contributed by atoms with Gasteiger partial charge in [0.2, 0.25) is 5.95 Å². The molecule has 25 heavy (non-hydrogen) atoms. The van der Waals surface area contributed by atoms with Crippen molar-refractivity contribution in [1.82, 2.24) is 9.97 Å². The molecule has 0 aliphatic rings. The molecule has 0 saturated heterocycles. The maximum absolute atomic E-state index is 6.02. The van der Waals surface area contributed by atoms with E-state index < -0.39 is 0 Å². The second-order valence-electron chi connectivity index (χ2n) is 5.10. The van der Waals surface area contributed by atoms with Crippen LogP contribution in [0.5, 0.6) is 0 Å². The first-order valence-electron chi connectivity index (χ1n) is 7.26. The summed E-state index contributed by atoms with van der Waals surface area (Å²) in [7, 11) is 0. The zero-order valence-corrected chi connectivity index (χ0v) is 17.3. The predicted molar refractivity (Wildman–Crippen MR) is 120 cm³/mol. The largest absolute Gasteiger partial charge is 0.383 e. The van der Waals surface area contributed by atoms with Gasteiger partial charge in [0, 0.05) is 19.0 Å². The number of halogens is 2. The minimum Gasteiger partial charge on any atom is -0.383 e. The molecule has 0 spiro atoms. The quantitative estimate of drug-likeness (QED) is 0.328. The number of benzene rings is 2. The molecule has 0 atom stereocenters. The molecule has 5 N–H and O–H groups in total. The Balaban J connectivity index is 1.94. The third-order valence-electron chi connectivity index (χ3n) is 3.27. The summed E-state index contributed by atoms with van der Waals surface area (Å²) < 4.78 is 2.29. The summed E-state index contributed by atoms with van der Waals surface area (Å²) in [6, 6.07) is 15.7. The monoisotopic (exact) mass is 556 g/mol. The molecule has 0 fully saturated rings. The van der Waals surface area contributed by atoms with Crippen LogP contribution < -0.4 is 16.8 Å². The summed E-state index contributed by atoms with van der Waals surface area (Å²) in [5.41, 5.74) is 14.0. The van der Waals surface area contributed by atoms with Crippen molar-refractivity contribution in [2.24, 2.45) is 4.99 Å². The van der Waals surface area contributed by atoms with Crippen LogP contribution in [0, 0.1) is 7.14 Å². The lowest BCUT2D eigenvalue weighted by atomic mass is 10.2. The average Bonchev–Trinajstić information content (AvgIpc) is 2.57. The lowest BCUT2D eigenvalue weighted by Crippen LogP contribution is -2.08. The first-order chi connectivity index (χ1) is 12.0. The highest BCUT2D eigenvalue weighted by Gasteiger charge is 2.10. The number of nitrogens with one attached hydrogen (secondary N) is 1. The summed E-state index contributed by atoms with van der Waals surface area (Å²) in [6.45, 7) is 0. The Kier molecular flexibility index (Phi) is 5.68. The number of hydrogen-bond donors (Lipinski definition) is 3. The van der Waals surface area contributed by atoms with Crippen molar-refractivity contribution in [3.63, 3.8) is 0 Å². The molecule has 0 radical (unpaired) electrons. The number of rotatable bonds is 4. The minimum atomic E-state index is 0.108. The molecule has 0 aliphatic carbocycles. The minimum absolute atomic E-state index is 0.108. The van der Waals surface area contributed by atoms with Gasteiger partial charge in [-0.05, 0) is 93.7 Å². The van der Waals surface area contributed by atoms with Crippen LogP contribution in [-0.4, -0.2) is 16.2 Å². The zero-order valence-electron chi connectivity index (χ0n) is 12.9. The van der Waals surface area contributed by atoms with Crippen LogP contribution >= 0.6 is 45.2 Å². The van der Waals surface area contributed by atoms with E-state index in [1.54, 1.807) is 6.21 Å². The number of aliphatic imine (C=N–C) groups is 1. The van der Waals surface area contributed by atoms with Crippen molar-refractivity contribution >= 4 is 80.4 Å². The number of anilines is 4. The number of hydrogen-bond acceptors (Lipinski definition) is 6. The molecule has 1 aromatic heterocycles. The standard InChI is InChI=1S/C17H14I2N6/c18-10-1-5-12(6-2-10)22-9-14-15(20)24-17(21)25-16(14)23-13-7-3-11(19)4-8-13/h1-9H,(H5,20,21,23,24,25). The van der Waals surface area contributed by atoms with Crippen LogP contribution in [0.3, 0.4) is 0 Å². The Morgan fingerprint density at radius 1 is 0.880 bits per heavy atom. The maximum Gasteiger partial charge on any atom is 0.223 e. The molecule has 126 valence electrons. The van der Waals surface area contributed by atoms with E-state index in [0.29, 0.717) is 11.4 Å². The number of nitrogens with two attached hydrogens (primary N) is 2. The van der Waals surface area contributed by atoms with Gasteiger partial charge in [0.25, 0.3) is 0 Å². The molecule has 1 heterocycles. The van der Waals surface area contributed by atoms with E-state index in [4.69, 9.17) is 11.5 Å². The molecule has 8 heteroatoms. The van der Waals surface area contributed by atoms with E-state index in [2.05, 4.69) is 65.5 Å². The Hall–Kier alpha value is -1.95. The van der Waals surface area contributed by atoms with Gasteiger partial charge in [-0.1, -0.05) is 0 Å². The van der Waals surface area contributed by atoms with Gasteiger partial charge < -0.3 is 16.8 Å². The maximum atomic E-state index is 6.02. The van der Waals surface area contributed by atoms with Gasteiger partial charge in [-0.2, -0.15) is 9.97 Å². The van der Waals surface area contributed by atoms with Crippen LogP contribution in [0.4, 0.5) is 29.0 Å². The van der Waals surface area contributed by atoms with Crippen molar-refractivity contribution in [3.8, 4) is 0 Å². The first kappa shape index (κ1) is 17.9. The van der Waals surface area contributed by atoms with Crippen LogP contribution in [0.15, 0.2) is 53.5 Å². The van der Waals surface area contributed by atoms with Crippen LogP contribution in [0.25, 0.3) is 0 Å². The molecule has 0 aliphatic heterocycles. The molecule has 0 amide bonds. The Morgan fingerprint density at radius 3 is 2.12 bits per heavy atom. The Morgan fingerprint density at radius 2 is 1.48 bits per heavy atom. The molecule has 0 saturated carbocycles. The van der Waals surface area contributed by atoms with Crippen LogP contribution in [-0.2, 0) is 0 Å². The number of nitrogen functional groups attached to an aromatic ring is 2. The summed E-state index contributed by atoms with van der Waals surface area (Å²) in [5, 5.41) is 3.22. The van der Waals surface area contributed by atoms with Crippen molar-refractivity contribution < 1.29 is 0 Å². The highest BCUT2D eigenvalue weighted by molar-refractivity contribution is 14.1. The third-order valence-corrected chi connectivity index (χ3v) is 4.71. The summed E-state index contributed by atoms with van der Waals surface area (Å²) >= 11 is 4.50. The molecule has 6 nitrogen and oxygen atoms in total. The van der Waals surface area contributed by atoms with Crippen molar-refractivity contribution in [1.29, 1.82) is 0 Å². The van der Waals surface area contributed by atoms with E-state index in [1.807, 2.05) is 48.5 Å². The Labute approximate surface area is 172 Å². The van der Waals surface area contributed by atoms with Crippen molar-refractivity contribution in [2.75, 3.05) is 16.8 Å². The number of aromatic nitrogens is 2. The summed E-state index contributed by atoms with van der Waals surface area (Å²) in [4.78, 5) is 12.7. The van der Waals surface area contributed by atoms with Gasteiger partial charge in [-0.25, -0.2) is 0 Å². The fourth-order valence-electron chi connectivity index (χ4n) is 2.06. The van der Waals surface area contributed by atoms with E-state index >= 15 is 0 Å². The normalized spacial score (nSPS) is 11.0. The second kappa shape index (κ2) is 7.95. The summed E-state index contributed by atoms with van der Waals surface area (Å²) in [5.74, 6) is 0.896. The highest BCUT2D eigenvalue weighted by Crippen LogP contribution is 2.24. The summed E-state index contributed by atoms with van der Waals surface area (Å²) in [6.07, 6.45) is 1.64. The molecule has 2 aromatic carbocycles. The van der Waals surface area contributed by atoms with E-state index in [9.17, 15) is 0 Å². The van der Waals surface area contributed by atoms with Gasteiger partial charge in [0.05, 0.1) is 11.3 Å². The topological polar surface area (TPSA) is 102 Å². The van der Waals surface area contributed by atoms with Gasteiger partial charge in [0.15, 0.2) is 0 Å². The third kappa shape index (κ3) is 4.78. The van der Waals surface area contributed by atoms with Gasteiger partial charge in [-0.15, -0.1) is 0 Å². The van der Waals surface area contributed by atoms with Crippen molar-refractivity contribution in [2.45, 2.75) is 0 Å². The zero-order chi connectivity index (χ0) is 17.8. The lowest BCUT2D eigenvalue weighted by Gasteiger charge is -2.11. The fourth-order valence-corrected chi connectivity index (χ4v) is 2.78. The second-order valence-corrected chi connectivity index (χ2v) is 7.59. The van der Waals surface area contributed by atoms with E-state index in [0.717, 1.165) is 18.5 Å². The molecular weight excluding hydrogens is 542 g/mol. The van der Waals surface area contributed by atoms with Gasteiger partial charge in [0.1, 0.15) is 11.6 Å². The van der Waals surface area contributed by atoms with E-state index in [1.165, 1.54) is 0 Å². The SMILES string of the molecule is Nc1nc(N)c(C=Nc2ccc(I)cc2)c(Nc2ccc(I)cc2)n1. The van der Waals surface area contributed by atoms with Crippen LogP contribution in [0.2, 0.25) is 0 Å². The molecule has 3 aromatic rings. The van der Waals surface area contributed by atoms with Crippen LogP contribution in [0.1, 0.15) is 5.56 Å². The average molecular weight is 556 g/mol. The molecule has 3 rings (SSSR count). The van der Waals surface area contributed by atoms with Crippen molar-refractivity contribution in [3.05, 3.63) is 61.2 Å². The predicted octanol–water partition coefficient (Wildman–Crippen LogP) is 4.34. The molecule has 0 bridgehead atoms. The number of nitrogens with zero attached hydrogens (tertiary/aromatic N) is 3.